The standard InChI is InChI=1S/C22H19ClN4O2.C15H12ClN3O.C7H8ClNO.H2S/c1-13(28)27-9-8-20-17(12-27)22(16-10-14(24-2)4-6-19(16)26-20)25-15-5-7-21(29-3)18(23)11-15;1-9(20)19-6-5-14-12(8-19)15(16)11-7-10(17-2)3-4-13(11)18-14;1-10-7-3-2-5(9)4-6(7)8;/h4-7,10-11H,8-9,12H2,1,3H3,(H,25,26);3-4,7H,5-6,8H2,1H3;2-4H,9H2,1H3;1H2. The molecule has 12 nitrogen and oxygen atoms in total. The number of amides is 2. The topological polar surface area (TPSA) is 132 Å². The van der Waals surface area contributed by atoms with Crippen LogP contribution in [0.25, 0.3) is 31.5 Å². The average Bonchev–Trinajstić information content (AvgIpc) is 3.23. The minimum Gasteiger partial charge on any atom is -0.495 e. The number of fused-ring (bicyclic) bond motifs is 4. The molecule has 2 aliphatic heterocycles. The third-order valence-electron chi connectivity index (χ3n) is 9.92. The molecule has 4 heterocycles. The molecule has 16 heteroatoms. The monoisotopic (exact) mass is 882 g/mol. The van der Waals surface area contributed by atoms with E-state index in [0.29, 0.717) is 76.2 Å². The van der Waals surface area contributed by atoms with Gasteiger partial charge in [0.2, 0.25) is 11.8 Å². The number of anilines is 3. The third kappa shape index (κ3) is 10.1. The van der Waals surface area contributed by atoms with E-state index < -0.39 is 0 Å². The van der Waals surface area contributed by atoms with Gasteiger partial charge in [-0.25, -0.2) is 9.69 Å². The number of pyridine rings is 2. The summed E-state index contributed by atoms with van der Waals surface area (Å²) in [5, 5.41) is 6.73. The Kier molecular flexibility index (Phi) is 14.9. The summed E-state index contributed by atoms with van der Waals surface area (Å²) in [6.07, 6.45) is 1.41. The molecular weight excluding hydrogens is 843 g/mol. The molecule has 0 saturated carbocycles. The highest BCUT2D eigenvalue weighted by Gasteiger charge is 2.25. The first-order chi connectivity index (χ1) is 28.3. The molecule has 0 spiro atoms. The van der Waals surface area contributed by atoms with Gasteiger partial charge in [-0.2, -0.15) is 13.5 Å². The number of hydrogen-bond acceptors (Lipinski definition) is 8. The summed E-state index contributed by atoms with van der Waals surface area (Å²) in [6.45, 7) is 19.9. The first kappa shape index (κ1) is 45.1. The lowest BCUT2D eigenvalue weighted by atomic mass is 9.99. The fraction of sp³-hybridized carbons (Fsp3) is 0.227. The van der Waals surface area contributed by atoms with Crippen LogP contribution in [0.5, 0.6) is 11.5 Å². The molecule has 308 valence electrons. The zero-order valence-electron chi connectivity index (χ0n) is 33.2. The van der Waals surface area contributed by atoms with Crippen LogP contribution >= 0.6 is 48.3 Å². The SMILES string of the molecule is COc1ccc(N)cc1Cl.S.[C-]#[N+]c1ccc2nc3c(c(Cl)c2c1)CN(C(C)=O)CC3.[C-]#[N+]c1ccc2nc3c(c(Nc4ccc(OC)c(Cl)c4)c2c1)CN(C(C)=O)CC3. The van der Waals surface area contributed by atoms with E-state index in [1.807, 2.05) is 24.3 Å². The van der Waals surface area contributed by atoms with Crippen molar-refractivity contribution in [3.8, 4) is 11.5 Å². The van der Waals surface area contributed by atoms with Crippen LogP contribution in [0.4, 0.5) is 28.4 Å². The summed E-state index contributed by atoms with van der Waals surface area (Å²) in [5.41, 5.74) is 14.2. The lowest BCUT2D eigenvalue weighted by Gasteiger charge is -2.30. The number of halogens is 3. The van der Waals surface area contributed by atoms with E-state index in [0.717, 1.165) is 62.1 Å². The number of aromatic nitrogens is 2. The molecule has 4 aromatic carbocycles. The number of hydrogen-bond donors (Lipinski definition) is 2. The molecule has 0 atom stereocenters. The molecule has 2 aliphatic rings. The quantitative estimate of drug-likeness (QED) is 0.132. The van der Waals surface area contributed by atoms with Crippen LogP contribution in [0.15, 0.2) is 72.8 Å². The van der Waals surface area contributed by atoms with E-state index in [4.69, 9.17) is 68.1 Å². The van der Waals surface area contributed by atoms with Crippen molar-refractivity contribution in [1.29, 1.82) is 0 Å². The summed E-state index contributed by atoms with van der Waals surface area (Å²) < 4.78 is 10.1. The van der Waals surface area contributed by atoms with Crippen molar-refractivity contribution < 1.29 is 19.1 Å². The number of nitrogen functional groups attached to an aromatic ring is 1. The molecule has 8 rings (SSSR count). The van der Waals surface area contributed by atoms with Gasteiger partial charge in [0.25, 0.3) is 0 Å². The average molecular weight is 884 g/mol. The van der Waals surface area contributed by atoms with Crippen molar-refractivity contribution in [2.45, 2.75) is 39.8 Å². The predicted octanol–water partition coefficient (Wildman–Crippen LogP) is 10.5. The van der Waals surface area contributed by atoms with Gasteiger partial charge in [0.1, 0.15) is 11.5 Å². The molecule has 0 bridgehead atoms. The highest BCUT2D eigenvalue weighted by atomic mass is 35.5. The third-order valence-corrected chi connectivity index (χ3v) is 10.9. The Bertz CT molecular complexity index is 2700. The van der Waals surface area contributed by atoms with E-state index in [1.165, 1.54) is 0 Å². The Labute approximate surface area is 370 Å². The second-order valence-electron chi connectivity index (χ2n) is 13.6. The molecule has 0 aliphatic carbocycles. The fourth-order valence-corrected chi connectivity index (χ4v) is 7.64. The Hall–Kier alpha value is -5.96. The normalized spacial score (nSPS) is 12.5. The fourth-order valence-electron chi connectivity index (χ4n) is 6.80. The lowest BCUT2D eigenvalue weighted by molar-refractivity contribution is -0.130. The van der Waals surface area contributed by atoms with E-state index in [9.17, 15) is 9.59 Å². The van der Waals surface area contributed by atoms with E-state index in [-0.39, 0.29) is 25.3 Å². The van der Waals surface area contributed by atoms with Crippen molar-refractivity contribution in [3.63, 3.8) is 0 Å². The Morgan fingerprint density at radius 1 is 0.717 bits per heavy atom. The Balaban J connectivity index is 0.000000190. The highest BCUT2D eigenvalue weighted by Crippen LogP contribution is 2.38. The molecule has 2 amide bonds. The number of rotatable bonds is 4. The van der Waals surface area contributed by atoms with Gasteiger partial charge in [0, 0.05) is 97.5 Å². The van der Waals surface area contributed by atoms with Crippen LogP contribution in [-0.2, 0) is 35.5 Å². The Morgan fingerprint density at radius 2 is 1.22 bits per heavy atom. The number of nitrogens with zero attached hydrogens (tertiary/aromatic N) is 6. The molecule has 0 radical (unpaired) electrons. The second kappa shape index (κ2) is 19.9. The molecule has 0 unspecified atom stereocenters. The van der Waals surface area contributed by atoms with Crippen LogP contribution in [0.1, 0.15) is 36.4 Å². The number of carbonyl (C=O) groups is 2. The maximum absolute atomic E-state index is 12.0. The number of nitrogens with two attached hydrogens (primary N) is 1. The first-order valence-electron chi connectivity index (χ1n) is 18.4. The molecule has 0 fully saturated rings. The van der Waals surface area contributed by atoms with Gasteiger partial charge in [-0.05, 0) is 60.7 Å². The van der Waals surface area contributed by atoms with E-state index in [1.54, 1.807) is 86.4 Å². The number of carbonyl (C=O) groups excluding carboxylic acids is 2. The molecule has 0 saturated heterocycles. The minimum atomic E-state index is 0. The summed E-state index contributed by atoms with van der Waals surface area (Å²) in [4.78, 5) is 43.4. The van der Waals surface area contributed by atoms with Gasteiger partial charge in [-0.3, -0.25) is 19.6 Å². The minimum absolute atomic E-state index is 0. The number of ether oxygens (including phenoxy) is 2. The lowest BCUT2D eigenvalue weighted by Crippen LogP contribution is -2.35. The van der Waals surface area contributed by atoms with Crippen molar-refractivity contribution in [2.75, 3.05) is 38.4 Å². The molecule has 6 aromatic rings. The van der Waals surface area contributed by atoms with E-state index in [2.05, 4.69) is 20.0 Å². The summed E-state index contributed by atoms with van der Waals surface area (Å²) in [7, 11) is 3.14. The van der Waals surface area contributed by atoms with Crippen LogP contribution < -0.4 is 20.5 Å². The van der Waals surface area contributed by atoms with Crippen LogP contribution in [0.2, 0.25) is 15.1 Å². The molecular formula is C44H41Cl3N8O4S. The number of methoxy groups -OCH3 is 2. The van der Waals surface area contributed by atoms with Gasteiger partial charge in [0.05, 0.1) is 59.2 Å². The smallest absolute Gasteiger partial charge is 0.219 e. The van der Waals surface area contributed by atoms with Gasteiger partial charge in [0.15, 0.2) is 11.4 Å². The summed E-state index contributed by atoms with van der Waals surface area (Å²) in [5.74, 6) is 1.32. The highest BCUT2D eigenvalue weighted by molar-refractivity contribution is 7.59. The van der Waals surface area contributed by atoms with Gasteiger partial charge in [-0.1, -0.05) is 46.9 Å². The number of nitrogens with one attached hydrogen (secondary N) is 1. The number of benzene rings is 4. The molecule has 3 N–H and O–H groups in total. The summed E-state index contributed by atoms with van der Waals surface area (Å²) in [6, 6.07) is 21.4. The Morgan fingerprint density at radius 3 is 1.73 bits per heavy atom. The van der Waals surface area contributed by atoms with Crippen LogP contribution in [-0.4, -0.2) is 58.9 Å². The van der Waals surface area contributed by atoms with E-state index >= 15 is 0 Å². The zero-order valence-corrected chi connectivity index (χ0v) is 36.5. The second-order valence-corrected chi connectivity index (χ2v) is 14.8. The maximum Gasteiger partial charge on any atom is 0.219 e. The first-order valence-corrected chi connectivity index (χ1v) is 19.5. The van der Waals surface area contributed by atoms with Gasteiger partial charge >= 0.3 is 0 Å². The van der Waals surface area contributed by atoms with Crippen molar-refractivity contribution >= 4 is 110 Å². The van der Waals surface area contributed by atoms with Crippen LogP contribution in [0.3, 0.4) is 0 Å². The summed E-state index contributed by atoms with van der Waals surface area (Å²) >= 11 is 18.5. The van der Waals surface area contributed by atoms with Crippen molar-refractivity contribution in [3.05, 3.63) is 133 Å². The van der Waals surface area contributed by atoms with Crippen molar-refractivity contribution in [1.82, 2.24) is 19.8 Å². The predicted molar refractivity (Wildman–Crippen MR) is 245 cm³/mol. The van der Waals surface area contributed by atoms with Gasteiger partial charge < -0.3 is 30.3 Å². The zero-order chi connectivity index (χ0) is 42.4. The molecule has 60 heavy (non-hydrogen) atoms. The van der Waals surface area contributed by atoms with Gasteiger partial charge in [-0.15, -0.1) is 0 Å². The largest absolute Gasteiger partial charge is 0.495 e. The maximum atomic E-state index is 12.0. The van der Waals surface area contributed by atoms with Crippen molar-refractivity contribution in [2.24, 2.45) is 0 Å². The van der Waals surface area contributed by atoms with Crippen LogP contribution in [0, 0.1) is 13.1 Å². The molecule has 2 aromatic heterocycles.